The Morgan fingerprint density at radius 1 is 1.05 bits per heavy atom. The third kappa shape index (κ3) is 8.89. The molecule has 0 spiro atoms. The Hall–Kier alpha value is -3.77. The van der Waals surface area contributed by atoms with Gasteiger partial charge in [0.15, 0.2) is 5.96 Å². The van der Waals surface area contributed by atoms with Gasteiger partial charge in [0, 0.05) is 31.6 Å². The molecule has 0 aromatic heterocycles. The molecule has 1 aliphatic heterocycles. The van der Waals surface area contributed by atoms with Crippen LogP contribution in [0.15, 0.2) is 58.4 Å². The molecule has 1 heterocycles. The van der Waals surface area contributed by atoms with E-state index in [2.05, 4.69) is 25.7 Å². The molecule has 2 amide bonds. The molecule has 0 fully saturated rings. The number of carbonyl (C=O) groups excluding carboxylic acids is 2. The van der Waals surface area contributed by atoms with E-state index in [0.29, 0.717) is 18.9 Å². The van der Waals surface area contributed by atoms with E-state index in [1.54, 1.807) is 36.4 Å². The highest BCUT2D eigenvalue weighted by Gasteiger charge is 2.26. The molecule has 0 bridgehead atoms. The minimum atomic E-state index is -4.13. The summed E-state index contributed by atoms with van der Waals surface area (Å²) < 4.78 is 27.7. The van der Waals surface area contributed by atoms with E-state index in [9.17, 15) is 27.9 Å². The summed E-state index contributed by atoms with van der Waals surface area (Å²) in [5, 5.41) is 17.8. The molecule has 0 unspecified atom stereocenters. The lowest BCUT2D eigenvalue weighted by Gasteiger charge is -2.20. The number of amides is 2. The second kappa shape index (κ2) is 12.9. The molecule has 2 aromatic rings. The zero-order valence-corrected chi connectivity index (χ0v) is 23.1. The van der Waals surface area contributed by atoms with Gasteiger partial charge >= 0.3 is 5.97 Å². The SMILES string of the molecule is CC(C)(C)c1ccc(S(=O)(=O)N[C@@H](CNC(=O)c2ccc(CCC(=O)NC3=NCCCN3)cc2)C(=O)O)cc1. The fraction of sp³-hybridized carbons (Fsp3) is 0.407. The normalized spacial score (nSPS) is 14.5. The van der Waals surface area contributed by atoms with E-state index >= 15 is 0 Å². The van der Waals surface area contributed by atoms with Gasteiger partial charge in [0.2, 0.25) is 15.9 Å². The predicted octanol–water partition coefficient (Wildman–Crippen LogP) is 1.54. The standard InChI is InChI=1S/C27H35N5O6S/c1-27(2,3)20-10-12-21(13-11-20)39(37,38)32-22(25(35)36)17-30-24(34)19-8-5-18(6-9-19)7-14-23(33)31-26-28-15-4-16-29-26/h5-6,8-13,22,32H,4,7,14-17H2,1-3H3,(H,30,34)(H,35,36)(H2,28,29,31,33)/t22-/m0/s1. The fourth-order valence-electron chi connectivity index (χ4n) is 3.76. The van der Waals surface area contributed by atoms with Crippen molar-refractivity contribution in [1.82, 2.24) is 20.7 Å². The summed E-state index contributed by atoms with van der Waals surface area (Å²) in [5.41, 5.74) is 1.88. The largest absolute Gasteiger partial charge is 0.480 e. The summed E-state index contributed by atoms with van der Waals surface area (Å²) in [7, 11) is -4.13. The van der Waals surface area contributed by atoms with E-state index in [-0.39, 0.29) is 28.2 Å². The maximum Gasteiger partial charge on any atom is 0.323 e. The van der Waals surface area contributed by atoms with Crippen molar-refractivity contribution in [2.24, 2.45) is 4.99 Å². The Labute approximate surface area is 228 Å². The number of sulfonamides is 1. The fourth-order valence-corrected chi connectivity index (χ4v) is 4.95. The Morgan fingerprint density at radius 3 is 2.28 bits per heavy atom. The minimum absolute atomic E-state index is 0.0691. The van der Waals surface area contributed by atoms with Crippen molar-refractivity contribution in [2.45, 2.75) is 56.4 Å². The summed E-state index contributed by atoms with van der Waals surface area (Å²) in [6.07, 6.45) is 1.63. The molecule has 3 rings (SSSR count). The molecule has 210 valence electrons. The Balaban J connectivity index is 1.52. The number of carboxylic acid groups (broad SMARTS) is 1. The van der Waals surface area contributed by atoms with Crippen LogP contribution in [0.1, 0.15) is 55.1 Å². The quantitative estimate of drug-likeness (QED) is 0.295. The van der Waals surface area contributed by atoms with Crippen molar-refractivity contribution in [2.75, 3.05) is 19.6 Å². The number of carboxylic acids is 1. The molecular weight excluding hydrogens is 522 g/mol. The second-order valence-corrected chi connectivity index (χ2v) is 12.0. The lowest BCUT2D eigenvalue weighted by molar-refractivity contribution is -0.138. The number of aryl methyl sites for hydroxylation is 1. The Morgan fingerprint density at radius 2 is 1.72 bits per heavy atom. The maximum absolute atomic E-state index is 12.8. The number of aliphatic imine (C=N–C) groups is 1. The lowest BCUT2D eigenvalue weighted by Crippen LogP contribution is -2.48. The van der Waals surface area contributed by atoms with E-state index in [4.69, 9.17) is 0 Å². The lowest BCUT2D eigenvalue weighted by atomic mass is 9.87. The zero-order valence-electron chi connectivity index (χ0n) is 22.3. The summed E-state index contributed by atoms with van der Waals surface area (Å²) in [5.74, 6) is -1.66. The van der Waals surface area contributed by atoms with E-state index < -0.39 is 34.5 Å². The summed E-state index contributed by atoms with van der Waals surface area (Å²) in [6.45, 7) is 6.99. The number of aliphatic carboxylic acids is 1. The van der Waals surface area contributed by atoms with Gasteiger partial charge in [0.05, 0.1) is 4.90 Å². The molecule has 2 aromatic carbocycles. The monoisotopic (exact) mass is 557 g/mol. The van der Waals surface area contributed by atoms with Gasteiger partial charge in [-0.1, -0.05) is 45.0 Å². The van der Waals surface area contributed by atoms with Crippen LogP contribution in [-0.4, -0.2) is 62.9 Å². The average molecular weight is 558 g/mol. The number of rotatable bonds is 10. The van der Waals surface area contributed by atoms with Gasteiger partial charge in [-0.25, -0.2) is 8.42 Å². The summed E-state index contributed by atoms with van der Waals surface area (Å²) in [4.78, 5) is 40.5. The van der Waals surface area contributed by atoms with Crippen LogP contribution in [-0.2, 0) is 31.4 Å². The Bertz CT molecular complexity index is 1320. The van der Waals surface area contributed by atoms with Crippen LogP contribution in [0.2, 0.25) is 0 Å². The number of hydrogen-bond acceptors (Lipinski definition) is 7. The van der Waals surface area contributed by atoms with Gasteiger partial charge in [0.1, 0.15) is 6.04 Å². The molecule has 11 nitrogen and oxygen atoms in total. The van der Waals surface area contributed by atoms with E-state index in [1.807, 2.05) is 20.8 Å². The van der Waals surface area contributed by atoms with Crippen LogP contribution in [0.25, 0.3) is 0 Å². The number of nitrogens with one attached hydrogen (secondary N) is 4. The smallest absolute Gasteiger partial charge is 0.323 e. The van der Waals surface area contributed by atoms with E-state index in [1.165, 1.54) is 12.1 Å². The van der Waals surface area contributed by atoms with Crippen molar-refractivity contribution < 1.29 is 27.9 Å². The van der Waals surface area contributed by atoms with Crippen molar-refractivity contribution in [3.63, 3.8) is 0 Å². The van der Waals surface area contributed by atoms with Gasteiger partial charge in [-0.15, -0.1) is 0 Å². The molecular formula is C27H35N5O6S. The molecule has 0 aliphatic carbocycles. The highest BCUT2D eigenvalue weighted by Crippen LogP contribution is 2.23. The first-order valence-corrected chi connectivity index (χ1v) is 14.1. The second-order valence-electron chi connectivity index (χ2n) is 10.3. The number of benzene rings is 2. The van der Waals surface area contributed by atoms with Crippen LogP contribution in [0.3, 0.4) is 0 Å². The average Bonchev–Trinajstić information content (AvgIpc) is 2.90. The number of guanidine groups is 1. The zero-order chi connectivity index (χ0) is 28.6. The van der Waals surface area contributed by atoms with E-state index in [0.717, 1.165) is 24.1 Å². The number of nitrogens with zero attached hydrogens (tertiary/aromatic N) is 1. The molecule has 12 heteroatoms. The third-order valence-electron chi connectivity index (χ3n) is 6.10. The Kier molecular flexibility index (Phi) is 9.81. The molecule has 1 aliphatic rings. The van der Waals surface area contributed by atoms with Crippen molar-refractivity contribution >= 4 is 33.8 Å². The molecule has 0 saturated carbocycles. The first-order chi connectivity index (χ1) is 18.3. The van der Waals surface area contributed by atoms with Crippen molar-refractivity contribution in [3.8, 4) is 0 Å². The number of hydrogen-bond donors (Lipinski definition) is 5. The highest BCUT2D eigenvalue weighted by atomic mass is 32.2. The van der Waals surface area contributed by atoms with Crippen LogP contribution >= 0.6 is 0 Å². The highest BCUT2D eigenvalue weighted by molar-refractivity contribution is 7.89. The molecule has 0 radical (unpaired) electrons. The molecule has 5 N–H and O–H groups in total. The summed E-state index contributed by atoms with van der Waals surface area (Å²) in [6, 6.07) is 11.2. The van der Waals surface area contributed by atoms with Crippen LogP contribution in [0.5, 0.6) is 0 Å². The van der Waals surface area contributed by atoms with Gasteiger partial charge < -0.3 is 15.7 Å². The van der Waals surface area contributed by atoms with Gasteiger partial charge in [0.25, 0.3) is 5.91 Å². The van der Waals surface area contributed by atoms with Gasteiger partial charge in [-0.3, -0.25) is 24.7 Å². The predicted molar refractivity (Wildman–Crippen MR) is 147 cm³/mol. The molecule has 0 saturated heterocycles. The van der Waals surface area contributed by atoms with Crippen LogP contribution < -0.4 is 20.7 Å². The van der Waals surface area contributed by atoms with Gasteiger partial charge in [-0.2, -0.15) is 4.72 Å². The third-order valence-corrected chi connectivity index (χ3v) is 7.59. The van der Waals surface area contributed by atoms with Gasteiger partial charge in [-0.05, 0) is 53.6 Å². The van der Waals surface area contributed by atoms with Crippen molar-refractivity contribution in [3.05, 3.63) is 65.2 Å². The first kappa shape index (κ1) is 29.8. The topological polar surface area (TPSA) is 166 Å². The van der Waals surface area contributed by atoms with Crippen LogP contribution in [0.4, 0.5) is 0 Å². The minimum Gasteiger partial charge on any atom is -0.480 e. The summed E-state index contributed by atoms with van der Waals surface area (Å²) >= 11 is 0. The van der Waals surface area contributed by atoms with Crippen LogP contribution in [0, 0.1) is 0 Å². The number of carbonyl (C=O) groups is 3. The van der Waals surface area contributed by atoms with Crippen molar-refractivity contribution in [1.29, 1.82) is 0 Å². The molecule has 1 atom stereocenters. The maximum atomic E-state index is 12.8. The first-order valence-electron chi connectivity index (χ1n) is 12.7. The molecule has 39 heavy (non-hydrogen) atoms.